The number of amides is 1. The van der Waals surface area contributed by atoms with Gasteiger partial charge in [0.2, 0.25) is 5.91 Å². The zero-order valence-corrected chi connectivity index (χ0v) is 9.46. The van der Waals surface area contributed by atoms with E-state index in [1.807, 2.05) is 0 Å². The molecule has 0 aromatic heterocycles. The van der Waals surface area contributed by atoms with Gasteiger partial charge in [-0.3, -0.25) is 4.79 Å². The largest absolute Gasteiger partial charge is 0.397 e. The first-order valence-electron chi connectivity index (χ1n) is 4.74. The van der Waals surface area contributed by atoms with E-state index in [0.717, 1.165) is 5.69 Å². The lowest BCUT2D eigenvalue weighted by Gasteiger charge is -2.09. The standard InChI is InChI=1S/C10H14ClN3O2/c11-7-1-2-8(12)9(5-7)14-3-4-16-6-10(13)15/h1-2,5,14H,3-4,6,12H2,(H2,13,15). The number of primary amides is 1. The number of anilines is 2. The van der Waals surface area contributed by atoms with E-state index in [1.165, 1.54) is 0 Å². The highest BCUT2D eigenvalue weighted by Gasteiger charge is 1.99. The van der Waals surface area contributed by atoms with Crippen LogP contribution in [0.25, 0.3) is 0 Å². The highest BCUT2D eigenvalue weighted by Crippen LogP contribution is 2.22. The summed E-state index contributed by atoms with van der Waals surface area (Å²) in [6.07, 6.45) is 0. The molecule has 0 heterocycles. The van der Waals surface area contributed by atoms with E-state index in [4.69, 9.17) is 27.8 Å². The summed E-state index contributed by atoms with van der Waals surface area (Å²) in [6.45, 7) is 0.819. The van der Waals surface area contributed by atoms with E-state index in [1.54, 1.807) is 18.2 Å². The number of benzene rings is 1. The number of carbonyl (C=O) groups excluding carboxylic acids is 1. The summed E-state index contributed by atoms with van der Waals surface area (Å²) in [5, 5.41) is 3.65. The monoisotopic (exact) mass is 243 g/mol. The molecule has 6 heteroatoms. The van der Waals surface area contributed by atoms with Gasteiger partial charge in [0, 0.05) is 11.6 Å². The molecule has 0 spiro atoms. The Hall–Kier alpha value is -1.46. The molecule has 1 aromatic rings. The maximum atomic E-state index is 10.4. The fraction of sp³-hybridized carbons (Fsp3) is 0.300. The molecule has 0 saturated heterocycles. The summed E-state index contributed by atoms with van der Waals surface area (Å²) in [5.41, 5.74) is 12.0. The Balaban J connectivity index is 2.31. The Kier molecular flexibility index (Phi) is 4.88. The minimum absolute atomic E-state index is 0.0767. The van der Waals surface area contributed by atoms with Gasteiger partial charge in [0.1, 0.15) is 6.61 Å². The lowest BCUT2D eigenvalue weighted by atomic mass is 10.2. The van der Waals surface area contributed by atoms with E-state index in [2.05, 4.69) is 5.32 Å². The first-order valence-corrected chi connectivity index (χ1v) is 5.12. The van der Waals surface area contributed by atoms with Gasteiger partial charge in [0.05, 0.1) is 18.0 Å². The smallest absolute Gasteiger partial charge is 0.243 e. The summed E-state index contributed by atoms with van der Waals surface area (Å²) in [5.74, 6) is -0.484. The highest BCUT2D eigenvalue weighted by molar-refractivity contribution is 6.31. The van der Waals surface area contributed by atoms with Gasteiger partial charge in [-0.2, -0.15) is 0 Å². The summed E-state index contributed by atoms with van der Waals surface area (Å²) in [7, 11) is 0. The third kappa shape index (κ3) is 4.37. The summed E-state index contributed by atoms with van der Waals surface area (Å²) < 4.78 is 4.98. The van der Waals surface area contributed by atoms with Crippen LogP contribution in [-0.4, -0.2) is 25.7 Å². The van der Waals surface area contributed by atoms with E-state index in [-0.39, 0.29) is 6.61 Å². The van der Waals surface area contributed by atoms with Crippen LogP contribution in [0.4, 0.5) is 11.4 Å². The predicted octanol–water partition coefficient (Wildman–Crippen LogP) is 0.836. The Morgan fingerprint density at radius 2 is 2.25 bits per heavy atom. The molecule has 0 aliphatic rings. The molecule has 0 aliphatic heterocycles. The third-order valence-electron chi connectivity index (χ3n) is 1.82. The Morgan fingerprint density at radius 3 is 2.94 bits per heavy atom. The van der Waals surface area contributed by atoms with Crippen molar-refractivity contribution in [2.45, 2.75) is 0 Å². The second-order valence-corrected chi connectivity index (χ2v) is 3.61. The molecule has 0 fully saturated rings. The van der Waals surface area contributed by atoms with Gasteiger partial charge < -0.3 is 21.5 Å². The second-order valence-electron chi connectivity index (χ2n) is 3.18. The molecule has 16 heavy (non-hydrogen) atoms. The molecule has 5 N–H and O–H groups in total. The van der Waals surface area contributed by atoms with Crippen LogP contribution in [0.3, 0.4) is 0 Å². The van der Waals surface area contributed by atoms with Crippen molar-refractivity contribution in [3.05, 3.63) is 23.2 Å². The van der Waals surface area contributed by atoms with E-state index >= 15 is 0 Å². The van der Waals surface area contributed by atoms with Crippen LogP contribution >= 0.6 is 11.6 Å². The molecule has 0 radical (unpaired) electrons. The van der Waals surface area contributed by atoms with Crippen LogP contribution < -0.4 is 16.8 Å². The van der Waals surface area contributed by atoms with Gasteiger partial charge in [-0.15, -0.1) is 0 Å². The number of hydrogen-bond acceptors (Lipinski definition) is 4. The number of rotatable bonds is 6. The average Bonchev–Trinajstić information content (AvgIpc) is 2.22. The van der Waals surface area contributed by atoms with Crippen molar-refractivity contribution < 1.29 is 9.53 Å². The summed E-state index contributed by atoms with van der Waals surface area (Å²) >= 11 is 5.81. The van der Waals surface area contributed by atoms with Gasteiger partial charge >= 0.3 is 0 Å². The van der Waals surface area contributed by atoms with Crippen LogP contribution in [0, 0.1) is 0 Å². The second kappa shape index (κ2) is 6.19. The van der Waals surface area contributed by atoms with Gasteiger partial charge in [-0.05, 0) is 18.2 Å². The Bertz CT molecular complexity index is 371. The molecule has 0 aliphatic carbocycles. The Morgan fingerprint density at radius 1 is 1.50 bits per heavy atom. The summed E-state index contributed by atoms with van der Waals surface area (Å²) in [4.78, 5) is 10.4. The van der Waals surface area contributed by atoms with Crippen LogP contribution in [0.2, 0.25) is 5.02 Å². The van der Waals surface area contributed by atoms with E-state index in [0.29, 0.717) is 23.9 Å². The fourth-order valence-electron chi connectivity index (χ4n) is 1.11. The molecule has 0 bridgehead atoms. The van der Waals surface area contributed by atoms with Crippen molar-refractivity contribution in [1.29, 1.82) is 0 Å². The van der Waals surface area contributed by atoms with Crippen molar-refractivity contribution in [2.24, 2.45) is 5.73 Å². The average molecular weight is 244 g/mol. The zero-order valence-electron chi connectivity index (χ0n) is 8.70. The summed E-state index contributed by atoms with van der Waals surface area (Å²) in [6, 6.07) is 5.16. The number of nitrogen functional groups attached to an aromatic ring is 1. The maximum absolute atomic E-state index is 10.4. The van der Waals surface area contributed by atoms with Crippen LogP contribution in [0.15, 0.2) is 18.2 Å². The lowest BCUT2D eigenvalue weighted by molar-refractivity contribution is -0.122. The lowest BCUT2D eigenvalue weighted by Crippen LogP contribution is -2.20. The van der Waals surface area contributed by atoms with Gasteiger partial charge in [0.15, 0.2) is 0 Å². The number of nitrogens with two attached hydrogens (primary N) is 2. The minimum Gasteiger partial charge on any atom is -0.397 e. The maximum Gasteiger partial charge on any atom is 0.243 e. The van der Waals surface area contributed by atoms with E-state index in [9.17, 15) is 4.79 Å². The topological polar surface area (TPSA) is 90.4 Å². The zero-order chi connectivity index (χ0) is 12.0. The predicted molar refractivity (Wildman–Crippen MR) is 64.4 cm³/mol. The molecule has 0 saturated carbocycles. The van der Waals surface area contributed by atoms with Gasteiger partial charge in [-0.1, -0.05) is 11.6 Å². The van der Waals surface area contributed by atoms with Gasteiger partial charge in [-0.25, -0.2) is 0 Å². The molecule has 0 unspecified atom stereocenters. The molecular formula is C10H14ClN3O2. The minimum atomic E-state index is -0.484. The van der Waals surface area contributed by atoms with Crippen LogP contribution in [-0.2, 0) is 9.53 Å². The van der Waals surface area contributed by atoms with Crippen LogP contribution in [0.5, 0.6) is 0 Å². The molecule has 1 rings (SSSR count). The first kappa shape index (κ1) is 12.6. The fourth-order valence-corrected chi connectivity index (χ4v) is 1.28. The molecule has 1 aromatic carbocycles. The quantitative estimate of drug-likeness (QED) is 0.510. The molecular weight excluding hydrogens is 230 g/mol. The third-order valence-corrected chi connectivity index (χ3v) is 2.06. The number of halogens is 1. The number of nitrogens with one attached hydrogen (secondary N) is 1. The highest BCUT2D eigenvalue weighted by atomic mass is 35.5. The Labute approximate surface area is 98.7 Å². The van der Waals surface area contributed by atoms with Crippen LogP contribution in [0.1, 0.15) is 0 Å². The molecule has 0 atom stereocenters. The van der Waals surface area contributed by atoms with Crippen molar-refractivity contribution in [2.75, 3.05) is 30.8 Å². The van der Waals surface area contributed by atoms with Gasteiger partial charge in [0.25, 0.3) is 0 Å². The number of carbonyl (C=O) groups is 1. The van der Waals surface area contributed by atoms with Crippen molar-refractivity contribution in [3.63, 3.8) is 0 Å². The molecule has 88 valence electrons. The SMILES string of the molecule is NC(=O)COCCNc1cc(Cl)ccc1N. The first-order chi connectivity index (χ1) is 7.59. The normalized spacial score (nSPS) is 10.1. The van der Waals surface area contributed by atoms with E-state index < -0.39 is 5.91 Å². The van der Waals surface area contributed by atoms with Crippen molar-refractivity contribution in [1.82, 2.24) is 0 Å². The number of ether oxygens (including phenoxy) is 1. The van der Waals surface area contributed by atoms with Crippen molar-refractivity contribution in [3.8, 4) is 0 Å². The van der Waals surface area contributed by atoms with Crippen molar-refractivity contribution >= 4 is 28.9 Å². The molecule has 5 nitrogen and oxygen atoms in total. The molecule has 1 amide bonds. The number of hydrogen-bond donors (Lipinski definition) is 3.